The Morgan fingerprint density at radius 3 is 2.23 bits per heavy atom. The van der Waals surface area contributed by atoms with Gasteiger partial charge in [0.2, 0.25) is 0 Å². The Bertz CT molecular complexity index is 1640. The number of halogens is 2. The maximum Gasteiger partial charge on any atom is 0.271 e. The molecule has 0 aliphatic rings. The van der Waals surface area contributed by atoms with Gasteiger partial charge in [-0.05, 0) is 79.1 Å². The molecule has 0 bridgehead atoms. The van der Waals surface area contributed by atoms with Gasteiger partial charge in [-0.2, -0.15) is 5.10 Å². The van der Waals surface area contributed by atoms with Gasteiger partial charge in [0, 0.05) is 16.9 Å². The first-order chi connectivity index (χ1) is 19.4. The van der Waals surface area contributed by atoms with Crippen LogP contribution in [0.3, 0.4) is 0 Å². The van der Waals surface area contributed by atoms with Gasteiger partial charge in [0.1, 0.15) is 6.61 Å². The number of benzene rings is 4. The first kappa shape index (κ1) is 27.3. The zero-order valence-electron chi connectivity index (χ0n) is 22.1. The summed E-state index contributed by atoms with van der Waals surface area (Å²) in [4.78, 5) is 12.7. The molecule has 0 fully saturated rings. The van der Waals surface area contributed by atoms with E-state index in [0.717, 1.165) is 28.2 Å². The fourth-order valence-corrected chi connectivity index (χ4v) is 4.95. The van der Waals surface area contributed by atoms with Crippen LogP contribution in [-0.2, 0) is 6.61 Å². The minimum atomic E-state index is -0.328. The van der Waals surface area contributed by atoms with Crippen molar-refractivity contribution in [3.63, 3.8) is 0 Å². The monoisotopic (exact) mass is 567 g/mol. The lowest BCUT2D eigenvalue weighted by Gasteiger charge is -2.13. The van der Waals surface area contributed by atoms with Gasteiger partial charge in [0.05, 0.1) is 22.0 Å². The topological polar surface area (TPSA) is 55.6 Å². The Morgan fingerprint density at radius 2 is 1.55 bits per heavy atom. The molecular weight excluding hydrogens is 541 g/mol. The van der Waals surface area contributed by atoms with Crippen LogP contribution in [0.2, 0.25) is 10.0 Å². The molecule has 0 saturated heterocycles. The maximum atomic E-state index is 12.7. The van der Waals surface area contributed by atoms with Gasteiger partial charge in [-0.1, -0.05) is 83.4 Å². The summed E-state index contributed by atoms with van der Waals surface area (Å²) in [5, 5.41) is 4.80. The standard InChI is InChI=1S/C33H27Cl2N3O2/c1-22-8-11-24(12-9-22)21-40-32-29(34)18-25(19-30(32)35)20-36-37-33(39)27-13-15-28(16-14-27)38-23(2)10-17-31(38)26-6-4-3-5-7-26/h3-20H,21H2,1-2H3,(H,37,39)/b36-20+. The number of amides is 1. The Balaban J connectivity index is 1.23. The van der Waals surface area contributed by atoms with Crippen LogP contribution < -0.4 is 10.2 Å². The van der Waals surface area contributed by atoms with Crippen LogP contribution in [0, 0.1) is 13.8 Å². The van der Waals surface area contributed by atoms with Gasteiger partial charge < -0.3 is 9.30 Å². The molecule has 0 aliphatic carbocycles. The van der Waals surface area contributed by atoms with E-state index < -0.39 is 0 Å². The number of aromatic nitrogens is 1. The molecule has 0 atom stereocenters. The minimum absolute atomic E-state index is 0.328. The van der Waals surface area contributed by atoms with Crippen molar-refractivity contribution >= 4 is 35.3 Å². The molecule has 5 rings (SSSR count). The van der Waals surface area contributed by atoms with E-state index in [1.807, 2.05) is 61.5 Å². The zero-order valence-corrected chi connectivity index (χ0v) is 23.6. The second-order valence-corrected chi connectivity index (χ2v) is 10.2. The smallest absolute Gasteiger partial charge is 0.271 e. The lowest BCUT2D eigenvalue weighted by atomic mass is 10.1. The first-order valence-electron chi connectivity index (χ1n) is 12.7. The SMILES string of the molecule is Cc1ccc(COc2c(Cl)cc(/C=N/NC(=O)c3ccc(-n4c(C)ccc4-c4ccccc4)cc3)cc2Cl)cc1. The second kappa shape index (κ2) is 12.2. The van der Waals surface area contributed by atoms with Crippen molar-refractivity contribution in [2.24, 2.45) is 5.10 Å². The van der Waals surface area contributed by atoms with Crippen LogP contribution in [0.5, 0.6) is 5.75 Å². The van der Waals surface area contributed by atoms with E-state index in [9.17, 15) is 4.79 Å². The molecular formula is C33H27Cl2N3O2. The van der Waals surface area contributed by atoms with Crippen molar-refractivity contribution in [1.29, 1.82) is 0 Å². The third-order valence-corrected chi connectivity index (χ3v) is 7.00. The fraction of sp³-hybridized carbons (Fsp3) is 0.0909. The number of hydrogen-bond donors (Lipinski definition) is 1. The molecule has 1 amide bonds. The average molecular weight is 569 g/mol. The summed E-state index contributed by atoms with van der Waals surface area (Å²) in [6.07, 6.45) is 1.49. The summed E-state index contributed by atoms with van der Waals surface area (Å²) >= 11 is 12.8. The van der Waals surface area contributed by atoms with Crippen molar-refractivity contribution in [2.75, 3.05) is 0 Å². The largest absolute Gasteiger partial charge is 0.486 e. The number of rotatable bonds is 8. The molecule has 5 nitrogen and oxygen atoms in total. The highest BCUT2D eigenvalue weighted by atomic mass is 35.5. The van der Waals surface area contributed by atoms with Crippen LogP contribution in [0.1, 0.15) is 32.7 Å². The van der Waals surface area contributed by atoms with Crippen LogP contribution in [0.4, 0.5) is 0 Å². The van der Waals surface area contributed by atoms with Gasteiger partial charge in [0.25, 0.3) is 5.91 Å². The molecule has 0 radical (unpaired) electrons. The number of carbonyl (C=O) groups excluding carboxylic acids is 1. The van der Waals surface area contributed by atoms with Crippen LogP contribution >= 0.6 is 23.2 Å². The van der Waals surface area contributed by atoms with E-state index in [0.29, 0.717) is 33.5 Å². The summed E-state index contributed by atoms with van der Waals surface area (Å²) in [6, 6.07) is 33.2. The molecule has 4 aromatic carbocycles. The molecule has 0 saturated carbocycles. The number of carbonyl (C=O) groups is 1. The van der Waals surface area contributed by atoms with Crippen molar-refractivity contribution in [2.45, 2.75) is 20.5 Å². The highest BCUT2D eigenvalue weighted by molar-refractivity contribution is 6.37. The molecule has 0 spiro atoms. The number of nitrogens with zero attached hydrogens (tertiary/aromatic N) is 2. The quantitative estimate of drug-likeness (QED) is 0.151. The van der Waals surface area contributed by atoms with Gasteiger partial charge in [0.15, 0.2) is 5.75 Å². The van der Waals surface area contributed by atoms with E-state index in [2.05, 4.69) is 46.3 Å². The van der Waals surface area contributed by atoms with Gasteiger partial charge >= 0.3 is 0 Å². The van der Waals surface area contributed by atoms with Gasteiger partial charge in [-0.3, -0.25) is 4.79 Å². The van der Waals surface area contributed by atoms with Crippen LogP contribution in [0.15, 0.2) is 108 Å². The fourth-order valence-electron chi connectivity index (χ4n) is 4.34. The van der Waals surface area contributed by atoms with Crippen molar-refractivity contribution in [1.82, 2.24) is 9.99 Å². The number of ether oxygens (including phenoxy) is 1. The van der Waals surface area contributed by atoms with Gasteiger partial charge in [-0.25, -0.2) is 5.43 Å². The Kier molecular flexibility index (Phi) is 8.34. The Hall–Kier alpha value is -4.32. The number of nitrogens with one attached hydrogen (secondary N) is 1. The predicted octanol–water partition coefficient (Wildman–Crippen LogP) is 8.41. The number of aryl methyl sites for hydroxylation is 2. The van der Waals surface area contributed by atoms with E-state index in [1.165, 1.54) is 11.8 Å². The first-order valence-corrected chi connectivity index (χ1v) is 13.5. The van der Waals surface area contributed by atoms with Crippen molar-refractivity contribution in [3.8, 4) is 22.7 Å². The van der Waals surface area contributed by atoms with Crippen molar-refractivity contribution in [3.05, 3.63) is 141 Å². The summed E-state index contributed by atoms with van der Waals surface area (Å²) in [6.45, 7) is 4.44. The highest BCUT2D eigenvalue weighted by Gasteiger charge is 2.12. The molecule has 0 unspecified atom stereocenters. The van der Waals surface area contributed by atoms with E-state index in [1.54, 1.807) is 24.3 Å². The summed E-state index contributed by atoms with van der Waals surface area (Å²) in [5.41, 5.74) is 10.1. The summed E-state index contributed by atoms with van der Waals surface area (Å²) in [7, 11) is 0. The van der Waals surface area contributed by atoms with Crippen LogP contribution in [0.25, 0.3) is 16.9 Å². The molecule has 1 heterocycles. The summed E-state index contributed by atoms with van der Waals surface area (Å²) in [5.74, 6) is 0.0732. The zero-order chi connectivity index (χ0) is 28.1. The van der Waals surface area contributed by atoms with Crippen molar-refractivity contribution < 1.29 is 9.53 Å². The molecule has 5 aromatic rings. The third-order valence-electron chi connectivity index (χ3n) is 6.44. The molecule has 40 heavy (non-hydrogen) atoms. The third kappa shape index (κ3) is 6.28. The molecule has 1 aromatic heterocycles. The minimum Gasteiger partial charge on any atom is -0.486 e. The summed E-state index contributed by atoms with van der Waals surface area (Å²) < 4.78 is 8.01. The second-order valence-electron chi connectivity index (χ2n) is 9.40. The Labute approximate surface area is 243 Å². The number of hydrazone groups is 1. The lowest BCUT2D eigenvalue weighted by molar-refractivity contribution is 0.0955. The van der Waals surface area contributed by atoms with E-state index in [-0.39, 0.29) is 5.91 Å². The van der Waals surface area contributed by atoms with E-state index >= 15 is 0 Å². The molecule has 200 valence electrons. The maximum absolute atomic E-state index is 12.7. The molecule has 0 aliphatic heterocycles. The van der Waals surface area contributed by atoms with Crippen LogP contribution in [-0.4, -0.2) is 16.7 Å². The molecule has 7 heteroatoms. The Morgan fingerprint density at radius 1 is 0.875 bits per heavy atom. The normalized spacial score (nSPS) is 11.1. The predicted molar refractivity (Wildman–Crippen MR) is 163 cm³/mol. The van der Waals surface area contributed by atoms with Gasteiger partial charge in [-0.15, -0.1) is 0 Å². The highest BCUT2D eigenvalue weighted by Crippen LogP contribution is 2.34. The average Bonchev–Trinajstić information content (AvgIpc) is 3.35. The lowest BCUT2D eigenvalue weighted by Crippen LogP contribution is -2.17. The van der Waals surface area contributed by atoms with E-state index in [4.69, 9.17) is 27.9 Å². The number of hydrogen-bond acceptors (Lipinski definition) is 3. The molecule has 1 N–H and O–H groups in total.